The van der Waals surface area contributed by atoms with Crippen LogP contribution in [0.15, 0.2) is 18.5 Å². The van der Waals surface area contributed by atoms with Gasteiger partial charge in [-0.1, -0.05) is 6.92 Å². The van der Waals surface area contributed by atoms with E-state index in [0.29, 0.717) is 18.5 Å². The number of hydrogen-bond donors (Lipinski definition) is 0. The molecule has 0 fully saturated rings. The lowest BCUT2D eigenvalue weighted by Crippen LogP contribution is -2.10. The van der Waals surface area contributed by atoms with Crippen LogP contribution in [0.25, 0.3) is 0 Å². The molecule has 0 aliphatic heterocycles. The van der Waals surface area contributed by atoms with Gasteiger partial charge in [-0.3, -0.25) is 4.79 Å². The molecule has 5 heteroatoms. The highest BCUT2D eigenvalue weighted by molar-refractivity contribution is 7.91. The van der Waals surface area contributed by atoms with Crippen LogP contribution in [0.4, 0.5) is 0 Å². The first-order valence-electron chi connectivity index (χ1n) is 4.89. The smallest absolute Gasteiger partial charge is 0.151 e. The number of carbonyl (C=O) groups excluding carboxylic acids is 1. The van der Waals surface area contributed by atoms with Crippen LogP contribution in [-0.4, -0.2) is 30.8 Å². The molecule has 0 bridgehead atoms. The van der Waals surface area contributed by atoms with E-state index in [-0.39, 0.29) is 11.5 Å². The summed E-state index contributed by atoms with van der Waals surface area (Å²) in [6.07, 6.45) is 4.86. The molecule has 1 aromatic rings. The summed E-state index contributed by atoms with van der Waals surface area (Å²) >= 11 is 0. The third kappa shape index (κ3) is 3.87. The lowest BCUT2D eigenvalue weighted by atomic mass is 10.4. The summed E-state index contributed by atoms with van der Waals surface area (Å²) in [5.74, 6) is 0.399. The SMILES string of the molecule is CCS(=O)(=O)CCCn1ccc(C=O)c1. The Hall–Kier alpha value is -1.10. The first-order valence-corrected chi connectivity index (χ1v) is 6.71. The van der Waals surface area contributed by atoms with Gasteiger partial charge in [0.15, 0.2) is 6.29 Å². The number of aldehydes is 1. The predicted molar refractivity (Wildman–Crippen MR) is 58.8 cm³/mol. The number of nitrogens with zero attached hydrogens (tertiary/aromatic N) is 1. The van der Waals surface area contributed by atoms with E-state index in [1.165, 1.54) is 0 Å². The van der Waals surface area contributed by atoms with Crippen LogP contribution < -0.4 is 0 Å². The van der Waals surface area contributed by atoms with Crippen molar-refractivity contribution in [1.29, 1.82) is 0 Å². The monoisotopic (exact) mass is 229 g/mol. The average Bonchev–Trinajstić information content (AvgIpc) is 2.66. The van der Waals surface area contributed by atoms with Gasteiger partial charge in [0.1, 0.15) is 9.84 Å². The lowest BCUT2D eigenvalue weighted by Gasteiger charge is -2.02. The van der Waals surface area contributed by atoms with E-state index in [2.05, 4.69) is 0 Å². The van der Waals surface area contributed by atoms with Crippen molar-refractivity contribution in [1.82, 2.24) is 4.57 Å². The first kappa shape index (κ1) is 12.0. The molecule has 0 aromatic carbocycles. The van der Waals surface area contributed by atoms with Crippen LogP contribution >= 0.6 is 0 Å². The van der Waals surface area contributed by atoms with Gasteiger partial charge in [-0.15, -0.1) is 0 Å². The molecule has 0 aliphatic rings. The standard InChI is InChI=1S/C10H15NO3S/c1-2-15(13,14)7-3-5-11-6-4-10(8-11)9-12/h4,6,8-9H,2-3,5,7H2,1H3. The molecule has 0 amide bonds. The predicted octanol–water partition coefficient (Wildman–Crippen LogP) is 1.13. The summed E-state index contributed by atoms with van der Waals surface area (Å²) < 4.78 is 24.2. The molecule has 0 saturated carbocycles. The molecule has 15 heavy (non-hydrogen) atoms. The fraction of sp³-hybridized carbons (Fsp3) is 0.500. The third-order valence-electron chi connectivity index (χ3n) is 2.22. The van der Waals surface area contributed by atoms with Gasteiger partial charge < -0.3 is 4.57 Å². The second kappa shape index (κ2) is 5.11. The van der Waals surface area contributed by atoms with Crippen molar-refractivity contribution >= 4 is 16.1 Å². The number of rotatable bonds is 6. The number of sulfone groups is 1. The molecule has 0 spiro atoms. The second-order valence-corrected chi connectivity index (χ2v) is 5.86. The van der Waals surface area contributed by atoms with Crippen LogP contribution in [0.2, 0.25) is 0 Å². The summed E-state index contributed by atoms with van der Waals surface area (Å²) in [6.45, 7) is 2.28. The summed E-state index contributed by atoms with van der Waals surface area (Å²) in [4.78, 5) is 10.4. The Bertz CT molecular complexity index is 420. The van der Waals surface area contributed by atoms with Gasteiger partial charge in [0.25, 0.3) is 0 Å². The van der Waals surface area contributed by atoms with Crippen molar-refractivity contribution in [3.63, 3.8) is 0 Å². The zero-order chi connectivity index (χ0) is 11.3. The summed E-state index contributed by atoms with van der Waals surface area (Å²) in [5.41, 5.74) is 0.619. The van der Waals surface area contributed by atoms with Gasteiger partial charge in [0.2, 0.25) is 0 Å². The van der Waals surface area contributed by atoms with Crippen LogP contribution in [0.3, 0.4) is 0 Å². The van der Waals surface area contributed by atoms with Crippen molar-refractivity contribution in [3.8, 4) is 0 Å². The Balaban J connectivity index is 2.41. The van der Waals surface area contributed by atoms with E-state index in [1.807, 2.05) is 4.57 Å². The molecule has 0 N–H and O–H groups in total. The second-order valence-electron chi connectivity index (χ2n) is 3.39. The molecule has 1 heterocycles. The topological polar surface area (TPSA) is 56.1 Å². The van der Waals surface area contributed by atoms with Crippen LogP contribution in [0.1, 0.15) is 23.7 Å². The Morgan fingerprint density at radius 1 is 1.47 bits per heavy atom. The van der Waals surface area contributed by atoms with Crippen molar-refractivity contribution < 1.29 is 13.2 Å². The molecule has 0 saturated heterocycles. The molecule has 0 atom stereocenters. The number of carbonyl (C=O) groups is 1. The molecule has 4 nitrogen and oxygen atoms in total. The molecule has 0 aliphatic carbocycles. The molecule has 0 radical (unpaired) electrons. The number of aromatic nitrogens is 1. The van der Waals surface area contributed by atoms with Crippen molar-refractivity contribution in [2.45, 2.75) is 19.9 Å². The average molecular weight is 229 g/mol. The third-order valence-corrected chi connectivity index (χ3v) is 4.01. The van der Waals surface area contributed by atoms with Crippen LogP contribution in [0, 0.1) is 0 Å². The summed E-state index contributed by atoms with van der Waals surface area (Å²) in [7, 11) is -2.87. The maximum absolute atomic E-state index is 11.2. The first-order chi connectivity index (χ1) is 7.07. The molecule has 1 rings (SSSR count). The van der Waals surface area contributed by atoms with E-state index in [9.17, 15) is 13.2 Å². The fourth-order valence-electron chi connectivity index (χ4n) is 1.28. The molecular formula is C10H15NO3S. The zero-order valence-electron chi connectivity index (χ0n) is 8.72. The maximum atomic E-state index is 11.2. The van der Waals surface area contributed by atoms with E-state index in [1.54, 1.807) is 25.4 Å². The summed E-state index contributed by atoms with van der Waals surface area (Å²) in [5, 5.41) is 0. The summed E-state index contributed by atoms with van der Waals surface area (Å²) in [6, 6.07) is 1.71. The highest BCUT2D eigenvalue weighted by atomic mass is 32.2. The molecule has 84 valence electrons. The van der Waals surface area contributed by atoms with E-state index < -0.39 is 9.84 Å². The van der Waals surface area contributed by atoms with E-state index in [4.69, 9.17) is 0 Å². The Morgan fingerprint density at radius 3 is 2.73 bits per heavy atom. The van der Waals surface area contributed by atoms with Crippen molar-refractivity contribution in [2.24, 2.45) is 0 Å². The Labute approximate surface area is 89.8 Å². The minimum atomic E-state index is -2.87. The van der Waals surface area contributed by atoms with Gasteiger partial charge in [-0.2, -0.15) is 0 Å². The van der Waals surface area contributed by atoms with Crippen molar-refractivity contribution in [2.75, 3.05) is 11.5 Å². The highest BCUT2D eigenvalue weighted by Crippen LogP contribution is 2.01. The van der Waals surface area contributed by atoms with Crippen molar-refractivity contribution in [3.05, 3.63) is 24.0 Å². The zero-order valence-corrected chi connectivity index (χ0v) is 9.53. The molecule has 1 aromatic heterocycles. The Kier molecular flexibility index (Phi) is 4.08. The van der Waals surface area contributed by atoms with Crippen LogP contribution in [-0.2, 0) is 16.4 Å². The largest absolute Gasteiger partial charge is 0.353 e. The van der Waals surface area contributed by atoms with Crippen LogP contribution in [0.5, 0.6) is 0 Å². The normalized spacial score (nSPS) is 11.5. The van der Waals surface area contributed by atoms with Gasteiger partial charge >= 0.3 is 0 Å². The number of hydrogen-bond acceptors (Lipinski definition) is 3. The number of aryl methyl sites for hydroxylation is 1. The minimum Gasteiger partial charge on any atom is -0.353 e. The van der Waals surface area contributed by atoms with Gasteiger partial charge in [-0.25, -0.2) is 8.42 Å². The highest BCUT2D eigenvalue weighted by Gasteiger charge is 2.06. The maximum Gasteiger partial charge on any atom is 0.151 e. The van der Waals surface area contributed by atoms with Gasteiger partial charge in [0.05, 0.1) is 5.75 Å². The quantitative estimate of drug-likeness (QED) is 0.687. The fourth-order valence-corrected chi connectivity index (χ4v) is 2.14. The van der Waals surface area contributed by atoms with E-state index >= 15 is 0 Å². The Morgan fingerprint density at radius 2 is 2.20 bits per heavy atom. The van der Waals surface area contributed by atoms with E-state index in [0.717, 1.165) is 6.29 Å². The minimum absolute atomic E-state index is 0.193. The lowest BCUT2D eigenvalue weighted by molar-refractivity contribution is 0.112. The van der Waals surface area contributed by atoms with Gasteiger partial charge in [-0.05, 0) is 12.5 Å². The molecule has 0 unspecified atom stereocenters. The molecular weight excluding hydrogens is 214 g/mol. The van der Waals surface area contributed by atoms with Gasteiger partial charge in [0, 0.05) is 30.3 Å².